The molecule has 0 spiro atoms. The van der Waals surface area contributed by atoms with Crippen LogP contribution in [0.3, 0.4) is 0 Å². The molecule has 1 atom stereocenters. The Kier molecular flexibility index (Phi) is 2.50. The topological polar surface area (TPSA) is 46.3 Å². The number of hydrogen-bond donors (Lipinski definition) is 1. The summed E-state index contributed by atoms with van der Waals surface area (Å²) in [5.74, 6) is 0.134. The van der Waals surface area contributed by atoms with Crippen LogP contribution in [0.2, 0.25) is 0 Å². The van der Waals surface area contributed by atoms with Crippen molar-refractivity contribution in [2.45, 2.75) is 18.9 Å². The Morgan fingerprint density at radius 1 is 1.29 bits per heavy atom. The van der Waals surface area contributed by atoms with Crippen molar-refractivity contribution in [2.24, 2.45) is 5.73 Å². The summed E-state index contributed by atoms with van der Waals surface area (Å²) >= 11 is 0. The molecular weight excluding hydrogens is 176 g/mol. The molecule has 74 valence electrons. The van der Waals surface area contributed by atoms with Crippen LogP contribution in [0.5, 0.6) is 0 Å². The van der Waals surface area contributed by atoms with Gasteiger partial charge in [0.05, 0.1) is 0 Å². The van der Waals surface area contributed by atoms with Crippen LogP contribution in [-0.4, -0.2) is 18.5 Å². The first-order chi connectivity index (χ1) is 6.77. The molecule has 0 aromatic heterocycles. The van der Waals surface area contributed by atoms with Crippen molar-refractivity contribution >= 4 is 11.6 Å². The Bertz CT molecular complexity index is 323. The molecule has 2 rings (SSSR count). The Hall–Kier alpha value is -1.35. The number of carbonyl (C=O) groups excluding carboxylic acids is 1. The van der Waals surface area contributed by atoms with Gasteiger partial charge < -0.3 is 10.6 Å². The molecule has 1 amide bonds. The maximum atomic E-state index is 11.7. The van der Waals surface area contributed by atoms with Crippen LogP contribution >= 0.6 is 0 Å². The molecule has 14 heavy (non-hydrogen) atoms. The summed E-state index contributed by atoms with van der Waals surface area (Å²) in [4.78, 5) is 13.5. The van der Waals surface area contributed by atoms with Gasteiger partial charge in [0.15, 0.2) is 0 Å². The first-order valence-corrected chi connectivity index (χ1v) is 4.88. The largest absolute Gasteiger partial charge is 0.327 e. The summed E-state index contributed by atoms with van der Waals surface area (Å²) in [5, 5.41) is 0. The number of amides is 1. The number of anilines is 1. The molecule has 1 saturated heterocycles. The molecule has 1 heterocycles. The number of nitrogens with two attached hydrogens (primary N) is 1. The van der Waals surface area contributed by atoms with Gasteiger partial charge in [-0.3, -0.25) is 4.79 Å². The fraction of sp³-hybridized carbons (Fsp3) is 0.364. The van der Waals surface area contributed by atoms with Gasteiger partial charge in [0, 0.05) is 24.7 Å². The highest BCUT2D eigenvalue weighted by Crippen LogP contribution is 2.19. The van der Waals surface area contributed by atoms with Crippen LogP contribution in [0.4, 0.5) is 5.69 Å². The van der Waals surface area contributed by atoms with E-state index in [1.54, 1.807) is 0 Å². The maximum absolute atomic E-state index is 11.7. The van der Waals surface area contributed by atoms with Crippen LogP contribution in [0.15, 0.2) is 30.3 Å². The highest BCUT2D eigenvalue weighted by molar-refractivity contribution is 5.94. The number of para-hydroxylation sites is 1. The van der Waals surface area contributed by atoms with Crippen molar-refractivity contribution < 1.29 is 4.79 Å². The molecule has 1 aliphatic rings. The van der Waals surface area contributed by atoms with Crippen molar-refractivity contribution in [3.8, 4) is 0 Å². The van der Waals surface area contributed by atoms with Gasteiger partial charge in [-0.1, -0.05) is 18.2 Å². The Balaban J connectivity index is 2.16. The predicted molar refractivity (Wildman–Crippen MR) is 56.0 cm³/mol. The smallest absolute Gasteiger partial charge is 0.228 e. The Labute approximate surface area is 83.5 Å². The third-order valence-corrected chi connectivity index (χ3v) is 2.53. The van der Waals surface area contributed by atoms with Crippen LogP contribution < -0.4 is 10.6 Å². The summed E-state index contributed by atoms with van der Waals surface area (Å²) in [6.45, 7) is 0.740. The minimum absolute atomic E-state index is 0.0439. The van der Waals surface area contributed by atoms with E-state index < -0.39 is 0 Å². The van der Waals surface area contributed by atoms with Gasteiger partial charge in [-0.2, -0.15) is 0 Å². The van der Waals surface area contributed by atoms with E-state index in [0.29, 0.717) is 6.42 Å². The molecule has 2 N–H and O–H groups in total. The van der Waals surface area contributed by atoms with Gasteiger partial charge in [-0.05, 0) is 18.6 Å². The predicted octanol–water partition coefficient (Wildman–Crippen LogP) is 1.14. The van der Waals surface area contributed by atoms with Crippen LogP contribution in [-0.2, 0) is 4.79 Å². The molecule has 0 aliphatic carbocycles. The molecular formula is C11H14N2O. The third-order valence-electron chi connectivity index (χ3n) is 2.53. The number of hydrogen-bond acceptors (Lipinski definition) is 2. The molecule has 1 aromatic rings. The average Bonchev–Trinajstić information content (AvgIpc) is 2.19. The summed E-state index contributed by atoms with van der Waals surface area (Å²) in [6, 6.07) is 9.78. The average molecular weight is 190 g/mol. The molecule has 0 saturated carbocycles. The number of piperidine rings is 1. The van der Waals surface area contributed by atoms with Crippen LogP contribution in [0.25, 0.3) is 0 Å². The van der Waals surface area contributed by atoms with E-state index in [-0.39, 0.29) is 11.9 Å². The SMILES string of the molecule is NC1CCN(c2ccccc2)C(=O)C1. The van der Waals surface area contributed by atoms with E-state index in [4.69, 9.17) is 5.73 Å². The molecule has 3 nitrogen and oxygen atoms in total. The number of nitrogens with zero attached hydrogens (tertiary/aromatic N) is 1. The van der Waals surface area contributed by atoms with Crippen molar-refractivity contribution in [1.29, 1.82) is 0 Å². The molecule has 0 bridgehead atoms. The number of carbonyl (C=O) groups is 1. The fourth-order valence-corrected chi connectivity index (χ4v) is 1.74. The van der Waals surface area contributed by atoms with Gasteiger partial charge in [-0.15, -0.1) is 0 Å². The van der Waals surface area contributed by atoms with Gasteiger partial charge in [0.2, 0.25) is 5.91 Å². The Morgan fingerprint density at radius 2 is 2.00 bits per heavy atom. The third kappa shape index (κ3) is 1.77. The molecule has 1 aliphatic heterocycles. The molecule has 1 fully saturated rings. The summed E-state index contributed by atoms with van der Waals surface area (Å²) < 4.78 is 0. The fourth-order valence-electron chi connectivity index (χ4n) is 1.74. The van der Waals surface area contributed by atoms with Gasteiger partial charge in [-0.25, -0.2) is 0 Å². The molecule has 0 radical (unpaired) electrons. The monoisotopic (exact) mass is 190 g/mol. The van der Waals surface area contributed by atoms with E-state index in [1.165, 1.54) is 0 Å². The summed E-state index contributed by atoms with van der Waals surface area (Å²) in [6.07, 6.45) is 1.36. The van der Waals surface area contributed by atoms with Crippen LogP contribution in [0.1, 0.15) is 12.8 Å². The highest BCUT2D eigenvalue weighted by Gasteiger charge is 2.23. The first-order valence-electron chi connectivity index (χ1n) is 4.88. The number of rotatable bonds is 1. The second kappa shape index (κ2) is 3.80. The normalized spacial score (nSPS) is 22.5. The van der Waals surface area contributed by atoms with E-state index in [2.05, 4.69) is 0 Å². The van der Waals surface area contributed by atoms with E-state index in [9.17, 15) is 4.79 Å². The molecule has 1 unspecified atom stereocenters. The van der Waals surface area contributed by atoms with Crippen LogP contribution in [0, 0.1) is 0 Å². The summed E-state index contributed by atoms with van der Waals surface area (Å²) in [7, 11) is 0. The lowest BCUT2D eigenvalue weighted by Gasteiger charge is -2.29. The molecule has 3 heteroatoms. The quantitative estimate of drug-likeness (QED) is 0.721. The zero-order chi connectivity index (χ0) is 9.97. The van der Waals surface area contributed by atoms with Crippen molar-refractivity contribution in [3.05, 3.63) is 30.3 Å². The van der Waals surface area contributed by atoms with Gasteiger partial charge >= 0.3 is 0 Å². The van der Waals surface area contributed by atoms with Crippen molar-refractivity contribution in [1.82, 2.24) is 0 Å². The first kappa shape index (κ1) is 9.21. The van der Waals surface area contributed by atoms with E-state index in [1.807, 2.05) is 35.2 Å². The van der Waals surface area contributed by atoms with E-state index >= 15 is 0 Å². The standard InChI is InChI=1S/C11H14N2O/c12-9-6-7-13(11(14)8-9)10-4-2-1-3-5-10/h1-5,9H,6-8,12H2. The van der Waals surface area contributed by atoms with Crippen molar-refractivity contribution in [3.63, 3.8) is 0 Å². The zero-order valence-corrected chi connectivity index (χ0v) is 8.02. The molecule has 1 aromatic carbocycles. The van der Waals surface area contributed by atoms with Gasteiger partial charge in [0.1, 0.15) is 0 Å². The maximum Gasteiger partial charge on any atom is 0.228 e. The lowest BCUT2D eigenvalue weighted by atomic mass is 10.0. The number of benzene rings is 1. The second-order valence-electron chi connectivity index (χ2n) is 3.63. The summed E-state index contributed by atoms with van der Waals surface area (Å²) in [5.41, 5.74) is 6.69. The van der Waals surface area contributed by atoms with Gasteiger partial charge in [0.25, 0.3) is 0 Å². The Morgan fingerprint density at radius 3 is 2.64 bits per heavy atom. The minimum atomic E-state index is 0.0439. The lowest BCUT2D eigenvalue weighted by molar-refractivity contribution is -0.119. The lowest BCUT2D eigenvalue weighted by Crippen LogP contribution is -2.43. The zero-order valence-electron chi connectivity index (χ0n) is 8.02. The highest BCUT2D eigenvalue weighted by atomic mass is 16.2. The van der Waals surface area contributed by atoms with Crippen molar-refractivity contribution in [2.75, 3.05) is 11.4 Å². The minimum Gasteiger partial charge on any atom is -0.327 e. The van der Waals surface area contributed by atoms with E-state index in [0.717, 1.165) is 18.7 Å². The second-order valence-corrected chi connectivity index (χ2v) is 3.63.